The summed E-state index contributed by atoms with van der Waals surface area (Å²) in [6, 6.07) is 12.8. The first-order valence-electron chi connectivity index (χ1n) is 9.09. The number of carbonyl (C=O) groups excluding carboxylic acids is 1. The standard InChI is InChI=1S/C21H26N2O4S/c1-5-17(14-10-11-18(25-3)19(13-14)26-4)23-21(28)22-16-9-7-8-15(12-16)20(24)27-6-2/h7-13,17H,5-6H2,1-4H3,(H2,22,23,28). The fourth-order valence-electron chi connectivity index (χ4n) is 2.75. The average Bonchev–Trinajstić information content (AvgIpc) is 2.71. The molecule has 28 heavy (non-hydrogen) atoms. The van der Waals surface area contributed by atoms with Gasteiger partial charge in [-0.2, -0.15) is 0 Å². The Balaban J connectivity index is 2.09. The van der Waals surface area contributed by atoms with E-state index < -0.39 is 0 Å². The Morgan fingerprint density at radius 3 is 2.46 bits per heavy atom. The minimum Gasteiger partial charge on any atom is -0.493 e. The van der Waals surface area contributed by atoms with E-state index in [4.69, 9.17) is 26.4 Å². The third-order valence-electron chi connectivity index (χ3n) is 4.16. The molecule has 2 aromatic carbocycles. The first-order chi connectivity index (χ1) is 13.5. The summed E-state index contributed by atoms with van der Waals surface area (Å²) < 4.78 is 15.7. The predicted molar refractivity (Wildman–Crippen MR) is 114 cm³/mol. The van der Waals surface area contributed by atoms with Gasteiger partial charge in [0.2, 0.25) is 0 Å². The van der Waals surface area contributed by atoms with E-state index in [9.17, 15) is 4.79 Å². The number of hydrogen-bond donors (Lipinski definition) is 2. The molecule has 7 heteroatoms. The van der Waals surface area contributed by atoms with Gasteiger partial charge in [0.1, 0.15) is 0 Å². The maximum absolute atomic E-state index is 11.9. The van der Waals surface area contributed by atoms with Crippen molar-refractivity contribution in [2.24, 2.45) is 0 Å². The number of nitrogens with one attached hydrogen (secondary N) is 2. The fraction of sp³-hybridized carbons (Fsp3) is 0.333. The van der Waals surface area contributed by atoms with E-state index in [1.165, 1.54) is 0 Å². The highest BCUT2D eigenvalue weighted by molar-refractivity contribution is 7.80. The second-order valence-electron chi connectivity index (χ2n) is 5.97. The van der Waals surface area contributed by atoms with Crippen LogP contribution in [0, 0.1) is 0 Å². The average molecular weight is 403 g/mol. The van der Waals surface area contributed by atoms with Gasteiger partial charge in [0.15, 0.2) is 16.6 Å². The van der Waals surface area contributed by atoms with Crippen LogP contribution in [0.2, 0.25) is 0 Å². The second kappa shape index (κ2) is 10.5. The van der Waals surface area contributed by atoms with E-state index in [1.54, 1.807) is 39.3 Å². The van der Waals surface area contributed by atoms with Crippen LogP contribution in [0.1, 0.15) is 42.2 Å². The monoisotopic (exact) mass is 402 g/mol. The maximum atomic E-state index is 11.9. The smallest absolute Gasteiger partial charge is 0.338 e. The van der Waals surface area contributed by atoms with E-state index in [-0.39, 0.29) is 12.0 Å². The zero-order chi connectivity index (χ0) is 20.5. The van der Waals surface area contributed by atoms with Crippen LogP contribution in [-0.4, -0.2) is 31.9 Å². The van der Waals surface area contributed by atoms with Crippen LogP contribution < -0.4 is 20.1 Å². The molecule has 0 aromatic heterocycles. The zero-order valence-electron chi connectivity index (χ0n) is 16.6. The molecule has 1 unspecified atom stereocenters. The number of esters is 1. The molecule has 2 aromatic rings. The molecule has 2 N–H and O–H groups in total. The molecule has 0 aliphatic rings. The van der Waals surface area contributed by atoms with Gasteiger partial charge in [0.25, 0.3) is 0 Å². The van der Waals surface area contributed by atoms with Crippen LogP contribution in [0.15, 0.2) is 42.5 Å². The molecule has 0 aliphatic heterocycles. The summed E-state index contributed by atoms with van der Waals surface area (Å²) in [5.74, 6) is 0.987. The molecule has 150 valence electrons. The lowest BCUT2D eigenvalue weighted by molar-refractivity contribution is 0.0526. The Hall–Kier alpha value is -2.80. The molecule has 6 nitrogen and oxygen atoms in total. The minimum absolute atomic E-state index is 0.00644. The van der Waals surface area contributed by atoms with Crippen molar-refractivity contribution in [3.63, 3.8) is 0 Å². The van der Waals surface area contributed by atoms with E-state index in [0.717, 1.165) is 12.0 Å². The molecule has 0 saturated carbocycles. The van der Waals surface area contributed by atoms with Crippen molar-refractivity contribution in [1.29, 1.82) is 0 Å². The van der Waals surface area contributed by atoms with Crippen molar-refractivity contribution in [3.8, 4) is 11.5 Å². The summed E-state index contributed by atoms with van der Waals surface area (Å²) in [6.07, 6.45) is 0.820. The maximum Gasteiger partial charge on any atom is 0.338 e. The number of carbonyl (C=O) groups is 1. The predicted octanol–water partition coefficient (Wildman–Crippen LogP) is 4.32. The Morgan fingerprint density at radius 1 is 1.07 bits per heavy atom. The SMILES string of the molecule is CCOC(=O)c1cccc(NC(=S)NC(CC)c2ccc(OC)c(OC)c2)c1. The first-order valence-corrected chi connectivity index (χ1v) is 9.49. The van der Waals surface area contributed by atoms with Crippen molar-refractivity contribution in [1.82, 2.24) is 5.32 Å². The van der Waals surface area contributed by atoms with Crippen molar-refractivity contribution in [3.05, 3.63) is 53.6 Å². The topological polar surface area (TPSA) is 68.8 Å². The Morgan fingerprint density at radius 2 is 1.82 bits per heavy atom. The van der Waals surface area contributed by atoms with Crippen LogP contribution in [-0.2, 0) is 4.74 Å². The molecular weight excluding hydrogens is 376 g/mol. The molecule has 1 atom stereocenters. The lowest BCUT2D eigenvalue weighted by Crippen LogP contribution is -2.32. The third kappa shape index (κ3) is 5.60. The van der Waals surface area contributed by atoms with Crippen LogP contribution in [0.4, 0.5) is 5.69 Å². The molecule has 0 amide bonds. The largest absolute Gasteiger partial charge is 0.493 e. The fourth-order valence-corrected chi connectivity index (χ4v) is 3.01. The van der Waals surface area contributed by atoms with Crippen LogP contribution in [0.5, 0.6) is 11.5 Å². The van der Waals surface area contributed by atoms with E-state index >= 15 is 0 Å². The highest BCUT2D eigenvalue weighted by Crippen LogP contribution is 2.30. The number of ether oxygens (including phenoxy) is 3. The van der Waals surface area contributed by atoms with Gasteiger partial charge in [-0.15, -0.1) is 0 Å². The Labute approximate surface area is 171 Å². The van der Waals surface area contributed by atoms with Gasteiger partial charge in [0, 0.05) is 5.69 Å². The lowest BCUT2D eigenvalue weighted by atomic mass is 10.0. The Bertz CT molecular complexity index is 826. The summed E-state index contributed by atoms with van der Waals surface area (Å²) in [4.78, 5) is 11.9. The summed E-state index contributed by atoms with van der Waals surface area (Å²) in [5.41, 5.74) is 2.22. The normalized spacial score (nSPS) is 11.3. The number of thiocarbonyl (C=S) groups is 1. The van der Waals surface area contributed by atoms with E-state index in [0.29, 0.717) is 34.5 Å². The number of rotatable bonds is 8. The number of hydrogen-bond acceptors (Lipinski definition) is 5. The summed E-state index contributed by atoms with van der Waals surface area (Å²) in [5, 5.41) is 6.88. The molecule has 0 bridgehead atoms. The molecule has 0 spiro atoms. The van der Waals surface area contributed by atoms with Crippen molar-refractivity contribution in [2.75, 3.05) is 26.1 Å². The lowest BCUT2D eigenvalue weighted by Gasteiger charge is -2.21. The van der Waals surface area contributed by atoms with Gasteiger partial charge >= 0.3 is 5.97 Å². The van der Waals surface area contributed by atoms with Gasteiger partial charge in [-0.3, -0.25) is 0 Å². The summed E-state index contributed by atoms with van der Waals surface area (Å²) in [6.45, 7) is 4.18. The van der Waals surface area contributed by atoms with Gasteiger partial charge in [-0.1, -0.05) is 19.1 Å². The molecule has 0 aliphatic carbocycles. The summed E-state index contributed by atoms with van der Waals surface area (Å²) in [7, 11) is 3.22. The number of anilines is 1. The number of benzene rings is 2. The van der Waals surface area contributed by atoms with Crippen LogP contribution in [0.3, 0.4) is 0 Å². The highest BCUT2D eigenvalue weighted by Gasteiger charge is 2.14. The second-order valence-corrected chi connectivity index (χ2v) is 6.38. The molecular formula is C21H26N2O4S. The first kappa shape index (κ1) is 21.5. The van der Waals surface area contributed by atoms with Gasteiger partial charge in [-0.25, -0.2) is 4.79 Å². The number of methoxy groups -OCH3 is 2. The van der Waals surface area contributed by atoms with Gasteiger partial charge < -0.3 is 24.8 Å². The van der Waals surface area contributed by atoms with E-state index in [2.05, 4.69) is 17.6 Å². The van der Waals surface area contributed by atoms with Crippen LogP contribution in [0.25, 0.3) is 0 Å². The van der Waals surface area contributed by atoms with Crippen molar-refractivity contribution >= 4 is 29.0 Å². The molecule has 0 saturated heterocycles. The van der Waals surface area contributed by atoms with Crippen molar-refractivity contribution < 1.29 is 19.0 Å². The van der Waals surface area contributed by atoms with Gasteiger partial charge in [0.05, 0.1) is 32.4 Å². The zero-order valence-corrected chi connectivity index (χ0v) is 17.4. The molecule has 2 rings (SSSR count). The Kier molecular flexibility index (Phi) is 8.07. The van der Waals surface area contributed by atoms with Crippen molar-refractivity contribution in [2.45, 2.75) is 26.3 Å². The third-order valence-corrected chi connectivity index (χ3v) is 4.38. The van der Waals surface area contributed by atoms with Crippen LogP contribution >= 0.6 is 12.2 Å². The molecule has 0 heterocycles. The van der Waals surface area contributed by atoms with E-state index in [1.807, 2.05) is 24.3 Å². The minimum atomic E-state index is -0.359. The quantitative estimate of drug-likeness (QED) is 0.503. The highest BCUT2D eigenvalue weighted by atomic mass is 32.1. The molecule has 0 radical (unpaired) electrons. The molecule has 0 fully saturated rings. The summed E-state index contributed by atoms with van der Waals surface area (Å²) >= 11 is 5.45. The van der Waals surface area contributed by atoms with Gasteiger partial charge in [-0.05, 0) is 61.5 Å².